The van der Waals surface area contributed by atoms with Crippen molar-refractivity contribution in [2.75, 3.05) is 5.32 Å². The molecule has 0 atom stereocenters. The van der Waals surface area contributed by atoms with Gasteiger partial charge in [0, 0.05) is 30.3 Å². The Bertz CT molecular complexity index is 718. The number of hydrogen-bond donors (Lipinski definition) is 2. The first kappa shape index (κ1) is 13.2. The van der Waals surface area contributed by atoms with Crippen LogP contribution in [0.5, 0.6) is 5.75 Å². The molecule has 0 bridgehead atoms. The van der Waals surface area contributed by atoms with E-state index in [0.29, 0.717) is 5.75 Å². The Balaban J connectivity index is 1.68. The molecule has 0 fully saturated rings. The number of anilines is 1. The van der Waals surface area contributed by atoms with Gasteiger partial charge in [-0.2, -0.15) is 0 Å². The number of aromatic hydroxyl groups is 1. The predicted molar refractivity (Wildman–Crippen MR) is 83.7 cm³/mol. The third-order valence-electron chi connectivity index (χ3n) is 3.43. The SMILES string of the molecule is Cc1cc(O)ccc1NCc1ccc(-n2ccnc2)cc1. The zero-order valence-corrected chi connectivity index (χ0v) is 11.8. The fourth-order valence-electron chi connectivity index (χ4n) is 2.24. The molecular weight excluding hydrogens is 262 g/mol. The summed E-state index contributed by atoms with van der Waals surface area (Å²) in [5.41, 5.74) is 4.36. The highest BCUT2D eigenvalue weighted by molar-refractivity contribution is 5.53. The fourth-order valence-corrected chi connectivity index (χ4v) is 2.24. The van der Waals surface area contributed by atoms with Gasteiger partial charge in [-0.05, 0) is 48.4 Å². The van der Waals surface area contributed by atoms with Gasteiger partial charge in [0.2, 0.25) is 0 Å². The van der Waals surface area contributed by atoms with Gasteiger partial charge in [-0.3, -0.25) is 0 Å². The summed E-state index contributed by atoms with van der Waals surface area (Å²) < 4.78 is 1.97. The Morgan fingerprint density at radius 2 is 1.95 bits per heavy atom. The molecule has 0 amide bonds. The molecular formula is C17H17N3O. The quantitative estimate of drug-likeness (QED) is 0.719. The van der Waals surface area contributed by atoms with Crippen molar-refractivity contribution in [3.63, 3.8) is 0 Å². The molecule has 2 aromatic carbocycles. The van der Waals surface area contributed by atoms with Crippen LogP contribution in [0, 0.1) is 6.92 Å². The minimum atomic E-state index is 0.294. The number of nitrogens with one attached hydrogen (secondary N) is 1. The van der Waals surface area contributed by atoms with Gasteiger partial charge in [-0.25, -0.2) is 4.98 Å². The summed E-state index contributed by atoms with van der Waals surface area (Å²) >= 11 is 0. The largest absolute Gasteiger partial charge is 0.508 e. The van der Waals surface area contributed by atoms with Gasteiger partial charge in [-0.15, -0.1) is 0 Å². The molecule has 0 aliphatic rings. The van der Waals surface area contributed by atoms with Crippen LogP contribution in [-0.4, -0.2) is 14.7 Å². The van der Waals surface area contributed by atoms with E-state index in [1.165, 1.54) is 5.56 Å². The lowest BCUT2D eigenvalue weighted by Gasteiger charge is -2.10. The Morgan fingerprint density at radius 3 is 2.62 bits per heavy atom. The molecule has 0 aliphatic carbocycles. The van der Waals surface area contributed by atoms with Crippen LogP contribution in [-0.2, 0) is 6.54 Å². The Kier molecular flexibility index (Phi) is 3.60. The molecule has 0 unspecified atom stereocenters. The highest BCUT2D eigenvalue weighted by Gasteiger charge is 2.00. The van der Waals surface area contributed by atoms with Crippen LogP contribution in [0.3, 0.4) is 0 Å². The summed E-state index contributed by atoms with van der Waals surface area (Å²) in [6, 6.07) is 13.7. The van der Waals surface area contributed by atoms with E-state index in [9.17, 15) is 5.11 Å². The van der Waals surface area contributed by atoms with E-state index in [1.807, 2.05) is 23.8 Å². The topological polar surface area (TPSA) is 50.1 Å². The van der Waals surface area contributed by atoms with E-state index in [4.69, 9.17) is 0 Å². The molecule has 0 saturated carbocycles. The first-order chi connectivity index (χ1) is 10.2. The van der Waals surface area contributed by atoms with Crippen LogP contribution < -0.4 is 5.32 Å². The number of phenolic OH excluding ortho intramolecular Hbond substituents is 1. The van der Waals surface area contributed by atoms with Crippen molar-refractivity contribution in [2.24, 2.45) is 0 Å². The van der Waals surface area contributed by atoms with E-state index >= 15 is 0 Å². The number of benzene rings is 2. The zero-order chi connectivity index (χ0) is 14.7. The Labute approximate surface area is 123 Å². The van der Waals surface area contributed by atoms with Gasteiger partial charge in [0.25, 0.3) is 0 Å². The molecule has 21 heavy (non-hydrogen) atoms. The van der Waals surface area contributed by atoms with Crippen LogP contribution in [0.25, 0.3) is 5.69 Å². The van der Waals surface area contributed by atoms with Crippen molar-refractivity contribution in [3.05, 3.63) is 72.3 Å². The number of rotatable bonds is 4. The lowest BCUT2D eigenvalue weighted by Crippen LogP contribution is -2.01. The first-order valence-electron chi connectivity index (χ1n) is 6.83. The van der Waals surface area contributed by atoms with E-state index < -0.39 is 0 Å². The van der Waals surface area contributed by atoms with Gasteiger partial charge >= 0.3 is 0 Å². The number of imidazole rings is 1. The summed E-state index contributed by atoms with van der Waals surface area (Å²) in [7, 11) is 0. The minimum absolute atomic E-state index is 0.294. The van der Waals surface area contributed by atoms with E-state index in [0.717, 1.165) is 23.5 Å². The fraction of sp³-hybridized carbons (Fsp3) is 0.118. The molecule has 0 aliphatic heterocycles. The molecule has 106 valence electrons. The molecule has 4 heteroatoms. The van der Waals surface area contributed by atoms with Crippen molar-refractivity contribution in [2.45, 2.75) is 13.5 Å². The van der Waals surface area contributed by atoms with Gasteiger partial charge in [-0.1, -0.05) is 12.1 Å². The zero-order valence-electron chi connectivity index (χ0n) is 11.8. The second kappa shape index (κ2) is 5.71. The van der Waals surface area contributed by atoms with Gasteiger partial charge in [0.05, 0.1) is 6.33 Å². The number of phenols is 1. The summed E-state index contributed by atoms with van der Waals surface area (Å²) in [6.45, 7) is 2.72. The monoisotopic (exact) mass is 279 g/mol. The number of aromatic nitrogens is 2. The standard InChI is InChI=1S/C17H17N3O/c1-13-10-16(21)6-7-17(13)19-11-14-2-4-15(5-3-14)20-9-8-18-12-20/h2-10,12,19,21H,11H2,1H3. The maximum atomic E-state index is 9.41. The van der Waals surface area contributed by atoms with E-state index in [-0.39, 0.29) is 0 Å². The van der Waals surface area contributed by atoms with Crippen molar-refractivity contribution in [1.29, 1.82) is 0 Å². The summed E-state index contributed by atoms with van der Waals surface area (Å²) in [5, 5.41) is 12.8. The smallest absolute Gasteiger partial charge is 0.115 e. The summed E-state index contributed by atoms with van der Waals surface area (Å²) in [4.78, 5) is 4.04. The van der Waals surface area contributed by atoms with Gasteiger partial charge in [0.1, 0.15) is 5.75 Å². The third-order valence-corrected chi connectivity index (χ3v) is 3.43. The maximum absolute atomic E-state index is 9.41. The van der Waals surface area contributed by atoms with E-state index in [2.05, 4.69) is 34.6 Å². The van der Waals surface area contributed by atoms with Crippen molar-refractivity contribution >= 4 is 5.69 Å². The minimum Gasteiger partial charge on any atom is -0.508 e. The molecule has 0 radical (unpaired) electrons. The van der Waals surface area contributed by atoms with Gasteiger partial charge in [0.15, 0.2) is 0 Å². The second-order valence-corrected chi connectivity index (χ2v) is 4.99. The van der Waals surface area contributed by atoms with Crippen LogP contribution >= 0.6 is 0 Å². The Hall–Kier alpha value is -2.75. The lowest BCUT2D eigenvalue weighted by atomic mass is 10.1. The molecule has 4 nitrogen and oxygen atoms in total. The average Bonchev–Trinajstić information content (AvgIpc) is 3.01. The Morgan fingerprint density at radius 1 is 1.14 bits per heavy atom. The van der Waals surface area contributed by atoms with Crippen LogP contribution in [0.1, 0.15) is 11.1 Å². The summed E-state index contributed by atoms with van der Waals surface area (Å²) in [5.74, 6) is 0.294. The van der Waals surface area contributed by atoms with Crippen LogP contribution in [0.15, 0.2) is 61.2 Å². The molecule has 1 aromatic heterocycles. The number of hydrogen-bond acceptors (Lipinski definition) is 3. The number of nitrogens with zero attached hydrogens (tertiary/aromatic N) is 2. The van der Waals surface area contributed by atoms with Crippen molar-refractivity contribution in [3.8, 4) is 11.4 Å². The van der Waals surface area contributed by atoms with E-state index in [1.54, 1.807) is 24.7 Å². The van der Waals surface area contributed by atoms with Crippen LogP contribution in [0.4, 0.5) is 5.69 Å². The molecule has 0 spiro atoms. The highest BCUT2D eigenvalue weighted by Crippen LogP contribution is 2.21. The molecule has 3 aromatic rings. The summed E-state index contributed by atoms with van der Waals surface area (Å²) in [6.07, 6.45) is 5.48. The molecule has 2 N–H and O–H groups in total. The predicted octanol–water partition coefficient (Wildman–Crippen LogP) is 3.50. The molecule has 1 heterocycles. The third kappa shape index (κ3) is 3.05. The molecule has 3 rings (SSSR count). The number of aryl methyl sites for hydroxylation is 1. The van der Waals surface area contributed by atoms with Crippen molar-refractivity contribution < 1.29 is 5.11 Å². The van der Waals surface area contributed by atoms with Crippen molar-refractivity contribution in [1.82, 2.24) is 9.55 Å². The lowest BCUT2D eigenvalue weighted by molar-refractivity contribution is 0.475. The second-order valence-electron chi connectivity index (χ2n) is 4.99. The average molecular weight is 279 g/mol. The van der Waals surface area contributed by atoms with Gasteiger partial charge < -0.3 is 15.0 Å². The normalized spacial score (nSPS) is 10.5. The molecule has 0 saturated heterocycles. The highest BCUT2D eigenvalue weighted by atomic mass is 16.3. The first-order valence-corrected chi connectivity index (χ1v) is 6.83. The maximum Gasteiger partial charge on any atom is 0.115 e. The van der Waals surface area contributed by atoms with Crippen LogP contribution in [0.2, 0.25) is 0 Å².